The third kappa shape index (κ3) is 4.14. The number of thiophene rings is 1. The van der Waals surface area contributed by atoms with E-state index in [1.807, 2.05) is 12.1 Å². The Morgan fingerprint density at radius 1 is 1.13 bits per heavy atom. The molecule has 0 atom stereocenters. The Kier molecular flexibility index (Phi) is 5.03. The molecule has 0 radical (unpaired) electrons. The molecule has 2 heterocycles. The van der Waals surface area contributed by atoms with Gasteiger partial charge in [-0.15, -0.1) is 11.3 Å². The van der Waals surface area contributed by atoms with Crippen LogP contribution in [0, 0.1) is 5.82 Å². The van der Waals surface area contributed by atoms with Crippen molar-refractivity contribution in [3.63, 3.8) is 0 Å². The van der Waals surface area contributed by atoms with Gasteiger partial charge in [0, 0.05) is 51.2 Å². The number of rotatable bonds is 3. The number of halogens is 1. The van der Waals surface area contributed by atoms with Gasteiger partial charge in [-0.25, -0.2) is 4.39 Å². The van der Waals surface area contributed by atoms with Crippen molar-refractivity contribution in [1.29, 1.82) is 0 Å². The zero-order valence-corrected chi connectivity index (χ0v) is 14.0. The van der Waals surface area contributed by atoms with Gasteiger partial charge in [0.25, 0.3) is 0 Å². The van der Waals surface area contributed by atoms with E-state index in [4.69, 9.17) is 0 Å². The highest BCUT2D eigenvalue weighted by atomic mass is 32.2. The first-order valence-electron chi connectivity index (χ1n) is 7.29. The Labute approximate surface area is 140 Å². The van der Waals surface area contributed by atoms with Gasteiger partial charge >= 0.3 is 0 Å². The first-order valence-corrected chi connectivity index (χ1v) is 9.60. The standard InChI is InChI=1S/C17H16FNO2S2/c18-14-3-1-13(2-4-14)16-7-5-15(22-16)6-8-17(20)19-9-11-23(21)12-10-19/h1-8H,9-12H2/b8-6+. The smallest absolute Gasteiger partial charge is 0.246 e. The van der Waals surface area contributed by atoms with Gasteiger partial charge in [-0.05, 0) is 35.9 Å². The van der Waals surface area contributed by atoms with Crippen molar-refractivity contribution in [3.05, 3.63) is 53.2 Å². The molecular formula is C17H16FNO2S2. The molecular weight excluding hydrogens is 333 g/mol. The second-order valence-electron chi connectivity index (χ2n) is 5.22. The fourth-order valence-corrected chi connectivity index (χ4v) is 4.30. The number of benzene rings is 1. The quantitative estimate of drug-likeness (QED) is 0.798. The summed E-state index contributed by atoms with van der Waals surface area (Å²) in [5.41, 5.74) is 0.959. The van der Waals surface area contributed by atoms with Crippen molar-refractivity contribution in [2.24, 2.45) is 0 Å². The Morgan fingerprint density at radius 2 is 1.83 bits per heavy atom. The summed E-state index contributed by atoms with van der Waals surface area (Å²) in [4.78, 5) is 15.8. The van der Waals surface area contributed by atoms with Crippen LogP contribution in [0.1, 0.15) is 4.88 Å². The number of hydrogen-bond donors (Lipinski definition) is 0. The molecule has 0 N–H and O–H groups in total. The number of carbonyl (C=O) groups excluding carboxylic acids is 1. The second kappa shape index (κ2) is 7.19. The lowest BCUT2D eigenvalue weighted by Crippen LogP contribution is -2.40. The highest BCUT2D eigenvalue weighted by molar-refractivity contribution is 7.85. The van der Waals surface area contributed by atoms with Gasteiger partial charge in [0.1, 0.15) is 5.82 Å². The van der Waals surface area contributed by atoms with Crippen molar-refractivity contribution in [2.45, 2.75) is 0 Å². The minimum atomic E-state index is -0.780. The second-order valence-corrected chi connectivity index (χ2v) is 8.03. The molecule has 1 aromatic carbocycles. The maximum atomic E-state index is 12.9. The lowest BCUT2D eigenvalue weighted by atomic mass is 10.2. The summed E-state index contributed by atoms with van der Waals surface area (Å²) in [6, 6.07) is 10.3. The third-order valence-electron chi connectivity index (χ3n) is 3.64. The summed E-state index contributed by atoms with van der Waals surface area (Å²) in [6.45, 7) is 1.11. The fraction of sp³-hybridized carbons (Fsp3) is 0.235. The molecule has 120 valence electrons. The summed E-state index contributed by atoms with van der Waals surface area (Å²) in [5.74, 6) is 0.831. The van der Waals surface area contributed by atoms with E-state index < -0.39 is 10.8 Å². The van der Waals surface area contributed by atoms with Gasteiger partial charge < -0.3 is 4.90 Å². The first-order chi connectivity index (χ1) is 11.1. The molecule has 1 fully saturated rings. The summed E-state index contributed by atoms with van der Waals surface area (Å²) in [7, 11) is -0.780. The molecule has 1 aliphatic heterocycles. The van der Waals surface area contributed by atoms with Crippen LogP contribution < -0.4 is 0 Å². The first kappa shape index (κ1) is 16.1. The number of amides is 1. The molecule has 3 nitrogen and oxygen atoms in total. The normalized spacial score (nSPS) is 16.1. The van der Waals surface area contributed by atoms with E-state index in [0.717, 1.165) is 15.3 Å². The van der Waals surface area contributed by atoms with Crippen molar-refractivity contribution in [3.8, 4) is 10.4 Å². The summed E-state index contributed by atoms with van der Waals surface area (Å²) < 4.78 is 24.3. The number of nitrogens with zero attached hydrogens (tertiary/aromatic N) is 1. The average molecular weight is 349 g/mol. The predicted octanol–water partition coefficient (Wildman–Crippen LogP) is 3.16. The molecule has 0 bridgehead atoms. The molecule has 1 aromatic heterocycles. The molecule has 1 saturated heterocycles. The largest absolute Gasteiger partial charge is 0.337 e. The summed E-state index contributed by atoms with van der Waals surface area (Å²) in [5, 5.41) is 0. The molecule has 1 aliphatic rings. The van der Waals surface area contributed by atoms with Crippen LogP contribution in [0.25, 0.3) is 16.5 Å². The van der Waals surface area contributed by atoms with Gasteiger partial charge in [0.15, 0.2) is 0 Å². The zero-order valence-electron chi connectivity index (χ0n) is 12.4. The Bertz CT molecular complexity index is 742. The Hall–Kier alpha value is -1.79. The van der Waals surface area contributed by atoms with Crippen LogP contribution in [0.2, 0.25) is 0 Å². The van der Waals surface area contributed by atoms with Crippen molar-refractivity contribution in [1.82, 2.24) is 4.90 Å². The molecule has 23 heavy (non-hydrogen) atoms. The van der Waals surface area contributed by atoms with Gasteiger partial charge in [-0.1, -0.05) is 12.1 Å². The van der Waals surface area contributed by atoms with Crippen LogP contribution in [-0.4, -0.2) is 39.6 Å². The van der Waals surface area contributed by atoms with Crippen molar-refractivity contribution < 1.29 is 13.4 Å². The van der Waals surface area contributed by atoms with Crippen LogP contribution in [0.3, 0.4) is 0 Å². The van der Waals surface area contributed by atoms with E-state index in [1.54, 1.807) is 40.5 Å². The van der Waals surface area contributed by atoms with Crippen LogP contribution in [-0.2, 0) is 15.6 Å². The summed E-state index contributed by atoms with van der Waals surface area (Å²) in [6.07, 6.45) is 3.36. The molecule has 0 spiro atoms. The van der Waals surface area contributed by atoms with Gasteiger partial charge in [-0.2, -0.15) is 0 Å². The minimum absolute atomic E-state index is 0.0431. The van der Waals surface area contributed by atoms with Crippen LogP contribution in [0.5, 0.6) is 0 Å². The van der Waals surface area contributed by atoms with Crippen molar-refractivity contribution >= 4 is 34.1 Å². The molecule has 0 saturated carbocycles. The molecule has 0 unspecified atom stereocenters. The van der Waals surface area contributed by atoms with Crippen LogP contribution >= 0.6 is 11.3 Å². The molecule has 1 amide bonds. The highest BCUT2D eigenvalue weighted by Gasteiger charge is 2.17. The van der Waals surface area contributed by atoms with Gasteiger partial charge in [0.2, 0.25) is 5.91 Å². The monoisotopic (exact) mass is 349 g/mol. The predicted molar refractivity (Wildman–Crippen MR) is 93.2 cm³/mol. The number of carbonyl (C=O) groups is 1. The van der Waals surface area contributed by atoms with Crippen molar-refractivity contribution in [2.75, 3.05) is 24.6 Å². The Morgan fingerprint density at radius 3 is 2.52 bits per heavy atom. The fourth-order valence-electron chi connectivity index (χ4n) is 2.33. The maximum absolute atomic E-state index is 12.9. The van der Waals surface area contributed by atoms with E-state index >= 15 is 0 Å². The molecule has 0 aliphatic carbocycles. The highest BCUT2D eigenvalue weighted by Crippen LogP contribution is 2.28. The van der Waals surface area contributed by atoms with E-state index in [0.29, 0.717) is 24.6 Å². The SMILES string of the molecule is O=C(/C=C/c1ccc(-c2ccc(F)cc2)s1)N1CCS(=O)CC1. The third-order valence-corrected chi connectivity index (χ3v) is 6.01. The topological polar surface area (TPSA) is 37.4 Å². The lowest BCUT2D eigenvalue weighted by Gasteiger charge is -2.24. The van der Waals surface area contributed by atoms with E-state index in [2.05, 4.69) is 0 Å². The number of hydrogen-bond acceptors (Lipinski definition) is 3. The average Bonchev–Trinajstić information content (AvgIpc) is 3.03. The minimum Gasteiger partial charge on any atom is -0.337 e. The molecule has 2 aromatic rings. The van der Waals surface area contributed by atoms with Crippen LogP contribution in [0.15, 0.2) is 42.5 Å². The van der Waals surface area contributed by atoms with E-state index in [1.165, 1.54) is 12.1 Å². The van der Waals surface area contributed by atoms with Gasteiger partial charge in [-0.3, -0.25) is 9.00 Å². The zero-order chi connectivity index (χ0) is 16.2. The molecule has 6 heteroatoms. The summed E-state index contributed by atoms with van der Waals surface area (Å²) >= 11 is 1.55. The van der Waals surface area contributed by atoms with E-state index in [9.17, 15) is 13.4 Å². The van der Waals surface area contributed by atoms with Crippen LogP contribution in [0.4, 0.5) is 4.39 Å². The van der Waals surface area contributed by atoms with E-state index in [-0.39, 0.29) is 11.7 Å². The molecule has 3 rings (SSSR count). The maximum Gasteiger partial charge on any atom is 0.246 e. The Balaban J connectivity index is 1.65. The van der Waals surface area contributed by atoms with Gasteiger partial charge in [0.05, 0.1) is 0 Å². The lowest BCUT2D eigenvalue weighted by molar-refractivity contribution is -0.125.